The molecule has 218 valence electrons. The Morgan fingerprint density at radius 1 is 0.447 bits per heavy atom. The minimum Gasteiger partial charge on any atom is -0.456 e. The van der Waals surface area contributed by atoms with Crippen molar-refractivity contribution in [3.63, 3.8) is 0 Å². The van der Waals surface area contributed by atoms with Gasteiger partial charge in [-0.1, -0.05) is 103 Å². The molecule has 4 heteroatoms. The Bertz CT molecular complexity index is 2860. The molecule has 0 radical (unpaired) electrons. The number of hydrogen-bond donors (Lipinski definition) is 0. The number of para-hydroxylation sites is 5. The fraction of sp³-hybridized carbons (Fsp3) is 0. The van der Waals surface area contributed by atoms with E-state index in [1.165, 1.54) is 21.5 Å². The third kappa shape index (κ3) is 3.63. The number of fused-ring (bicyclic) bond motifs is 9. The molecule has 0 fully saturated rings. The maximum Gasteiger partial charge on any atom is 0.211 e. The summed E-state index contributed by atoms with van der Waals surface area (Å²) < 4.78 is 10.9. The fourth-order valence-electron chi connectivity index (χ4n) is 7.51. The number of furan rings is 1. The molecule has 0 aliphatic rings. The molecule has 47 heavy (non-hydrogen) atoms. The van der Waals surface area contributed by atoms with Crippen LogP contribution in [0, 0.1) is 6.57 Å². The van der Waals surface area contributed by atoms with E-state index >= 15 is 0 Å². The van der Waals surface area contributed by atoms with Gasteiger partial charge in [-0.15, -0.1) is 0 Å². The molecular weight excluding hydrogens is 574 g/mol. The average molecular weight is 600 g/mol. The van der Waals surface area contributed by atoms with Gasteiger partial charge in [0.15, 0.2) is 0 Å². The molecule has 7 aromatic carbocycles. The fourth-order valence-corrected chi connectivity index (χ4v) is 7.51. The zero-order valence-corrected chi connectivity index (χ0v) is 25.2. The van der Waals surface area contributed by atoms with E-state index in [2.05, 4.69) is 141 Å². The first kappa shape index (κ1) is 25.7. The van der Waals surface area contributed by atoms with Crippen molar-refractivity contribution >= 4 is 71.2 Å². The van der Waals surface area contributed by atoms with E-state index in [0.717, 1.165) is 66.5 Å². The van der Waals surface area contributed by atoms with Crippen LogP contribution in [0.5, 0.6) is 0 Å². The van der Waals surface area contributed by atoms with Crippen molar-refractivity contribution in [2.75, 3.05) is 0 Å². The van der Waals surface area contributed by atoms with Gasteiger partial charge in [-0.2, -0.15) is 0 Å². The van der Waals surface area contributed by atoms with Crippen molar-refractivity contribution in [3.8, 4) is 22.5 Å². The molecule has 10 aromatic rings. The van der Waals surface area contributed by atoms with E-state index in [1.54, 1.807) is 0 Å². The Morgan fingerprint density at radius 2 is 1.04 bits per heavy atom. The van der Waals surface area contributed by atoms with Crippen molar-refractivity contribution in [3.05, 3.63) is 163 Å². The van der Waals surface area contributed by atoms with Gasteiger partial charge in [0.1, 0.15) is 11.2 Å². The first-order valence-corrected chi connectivity index (χ1v) is 15.7. The molecule has 3 aromatic heterocycles. The summed E-state index contributed by atoms with van der Waals surface area (Å²) in [5.41, 5.74) is 10.9. The number of nitrogens with zero attached hydrogens (tertiary/aromatic N) is 3. The van der Waals surface area contributed by atoms with Crippen LogP contribution in [-0.4, -0.2) is 9.13 Å². The second kappa shape index (κ2) is 9.71. The van der Waals surface area contributed by atoms with Crippen LogP contribution in [0.25, 0.3) is 92.9 Å². The Balaban J connectivity index is 1.19. The van der Waals surface area contributed by atoms with E-state index in [-0.39, 0.29) is 0 Å². The minimum absolute atomic E-state index is 0.621. The van der Waals surface area contributed by atoms with Gasteiger partial charge in [0.25, 0.3) is 0 Å². The van der Waals surface area contributed by atoms with Crippen molar-refractivity contribution in [2.45, 2.75) is 0 Å². The Kier molecular flexibility index (Phi) is 5.32. The quantitative estimate of drug-likeness (QED) is 0.186. The summed E-state index contributed by atoms with van der Waals surface area (Å²) in [4.78, 5) is 4.01. The third-order valence-corrected chi connectivity index (χ3v) is 9.55. The molecule has 0 aliphatic carbocycles. The molecule has 0 bridgehead atoms. The summed E-state index contributed by atoms with van der Waals surface area (Å²) >= 11 is 0. The first-order chi connectivity index (χ1) is 23.3. The second-order valence-electron chi connectivity index (χ2n) is 12.0. The highest BCUT2D eigenvalue weighted by Gasteiger charge is 2.20. The standard InChI is InChI=1S/C43H25N3O/c1-44-36-16-10-15-29(43(36)46-38-18-7-2-11-30(38)31-12-3-8-19-39(31)46)27-21-23-28(24-22-27)45-37-17-6-4-13-32(37)34-25-35-33-14-5-9-20-41(33)47-42(35)26-40(34)45/h2-26H. The summed E-state index contributed by atoms with van der Waals surface area (Å²) in [6.45, 7) is 8.14. The van der Waals surface area contributed by atoms with Crippen LogP contribution in [0.1, 0.15) is 0 Å². The number of aromatic nitrogens is 2. The highest BCUT2D eigenvalue weighted by molar-refractivity contribution is 6.17. The van der Waals surface area contributed by atoms with Crippen LogP contribution >= 0.6 is 0 Å². The summed E-state index contributed by atoms with van der Waals surface area (Å²) in [5, 5.41) is 7.01. The first-order valence-electron chi connectivity index (χ1n) is 15.7. The molecule has 0 N–H and O–H groups in total. The zero-order chi connectivity index (χ0) is 31.1. The number of benzene rings is 7. The minimum atomic E-state index is 0.621. The van der Waals surface area contributed by atoms with Gasteiger partial charge in [-0.3, -0.25) is 0 Å². The lowest BCUT2D eigenvalue weighted by atomic mass is 10.0. The lowest BCUT2D eigenvalue weighted by Gasteiger charge is -2.17. The van der Waals surface area contributed by atoms with Crippen LogP contribution in [0.3, 0.4) is 0 Å². The predicted octanol–water partition coefficient (Wildman–Crippen LogP) is 12.0. The van der Waals surface area contributed by atoms with Gasteiger partial charge in [0.2, 0.25) is 5.69 Å². The predicted molar refractivity (Wildman–Crippen MR) is 194 cm³/mol. The lowest BCUT2D eigenvalue weighted by molar-refractivity contribution is 0.669. The monoisotopic (exact) mass is 599 g/mol. The number of hydrogen-bond acceptors (Lipinski definition) is 1. The van der Waals surface area contributed by atoms with E-state index in [0.29, 0.717) is 5.69 Å². The molecule has 10 rings (SSSR count). The van der Waals surface area contributed by atoms with Crippen LogP contribution in [0.4, 0.5) is 5.69 Å². The summed E-state index contributed by atoms with van der Waals surface area (Å²) in [5.74, 6) is 0. The Hall–Kier alpha value is -6.57. The molecular formula is C43H25N3O. The van der Waals surface area contributed by atoms with Crippen molar-refractivity contribution in [1.82, 2.24) is 9.13 Å². The van der Waals surface area contributed by atoms with Crippen molar-refractivity contribution in [2.24, 2.45) is 0 Å². The molecule has 0 unspecified atom stereocenters. The zero-order valence-electron chi connectivity index (χ0n) is 25.2. The Morgan fingerprint density at radius 3 is 1.72 bits per heavy atom. The van der Waals surface area contributed by atoms with E-state index in [9.17, 15) is 0 Å². The molecule has 0 aliphatic heterocycles. The topological polar surface area (TPSA) is 27.4 Å². The summed E-state index contributed by atoms with van der Waals surface area (Å²) in [7, 11) is 0. The van der Waals surface area contributed by atoms with E-state index < -0.39 is 0 Å². The second-order valence-corrected chi connectivity index (χ2v) is 12.0. The smallest absolute Gasteiger partial charge is 0.211 e. The van der Waals surface area contributed by atoms with Gasteiger partial charge < -0.3 is 13.6 Å². The molecule has 3 heterocycles. The highest BCUT2D eigenvalue weighted by atomic mass is 16.3. The van der Waals surface area contributed by atoms with Crippen LogP contribution in [0.2, 0.25) is 0 Å². The third-order valence-electron chi connectivity index (χ3n) is 9.55. The van der Waals surface area contributed by atoms with Gasteiger partial charge in [0.05, 0.1) is 34.3 Å². The van der Waals surface area contributed by atoms with Crippen molar-refractivity contribution in [1.29, 1.82) is 0 Å². The van der Waals surface area contributed by atoms with Gasteiger partial charge in [-0.05, 0) is 53.6 Å². The normalized spacial score (nSPS) is 11.8. The van der Waals surface area contributed by atoms with Crippen LogP contribution in [0.15, 0.2) is 156 Å². The van der Waals surface area contributed by atoms with Crippen LogP contribution < -0.4 is 0 Å². The van der Waals surface area contributed by atoms with Crippen molar-refractivity contribution < 1.29 is 4.42 Å². The molecule has 4 nitrogen and oxygen atoms in total. The molecule has 0 atom stereocenters. The maximum atomic E-state index is 8.14. The Labute approximate surface area is 269 Å². The molecule has 0 spiro atoms. The average Bonchev–Trinajstić information content (AvgIpc) is 3.77. The largest absolute Gasteiger partial charge is 0.456 e. The van der Waals surface area contributed by atoms with Gasteiger partial charge in [0, 0.05) is 44.1 Å². The number of rotatable bonds is 3. The van der Waals surface area contributed by atoms with Gasteiger partial charge in [-0.25, -0.2) is 4.85 Å². The molecule has 0 amide bonds. The van der Waals surface area contributed by atoms with Crippen LogP contribution in [-0.2, 0) is 0 Å². The lowest BCUT2D eigenvalue weighted by Crippen LogP contribution is -1.98. The molecule has 0 saturated carbocycles. The van der Waals surface area contributed by atoms with E-state index in [1.807, 2.05) is 24.3 Å². The van der Waals surface area contributed by atoms with Gasteiger partial charge >= 0.3 is 0 Å². The SMILES string of the molecule is [C-]#[N+]c1cccc(-c2ccc(-n3c4ccccc4c4cc5c(cc43)oc3ccccc35)cc2)c1-n1c2ccccc2c2ccccc21. The highest BCUT2D eigenvalue weighted by Crippen LogP contribution is 2.42. The van der Waals surface area contributed by atoms with E-state index in [4.69, 9.17) is 11.0 Å². The summed E-state index contributed by atoms with van der Waals surface area (Å²) in [6, 6.07) is 52.9. The maximum absolute atomic E-state index is 8.14. The summed E-state index contributed by atoms with van der Waals surface area (Å²) in [6.07, 6.45) is 0. The molecule has 0 saturated heterocycles.